The van der Waals surface area contributed by atoms with E-state index < -0.39 is 17.8 Å². The van der Waals surface area contributed by atoms with Crippen LogP contribution in [0.4, 0.5) is 9.18 Å². The maximum atomic E-state index is 14.5. The minimum Gasteiger partial charge on any atom is -0.453 e. The third-order valence-corrected chi connectivity index (χ3v) is 6.00. The molecule has 0 radical (unpaired) electrons. The lowest BCUT2D eigenvalue weighted by Crippen LogP contribution is -2.35. The minimum absolute atomic E-state index is 0.00741. The monoisotopic (exact) mass is 564 g/mol. The number of amides is 3. The fourth-order valence-electron chi connectivity index (χ4n) is 2.59. The van der Waals surface area contributed by atoms with Crippen molar-refractivity contribution in [2.24, 2.45) is 5.73 Å². The summed E-state index contributed by atoms with van der Waals surface area (Å²) in [5.41, 5.74) is 5.10. The van der Waals surface area contributed by atoms with Crippen LogP contribution in [-0.2, 0) is 0 Å². The molecule has 0 aliphatic rings. The van der Waals surface area contributed by atoms with E-state index in [1.54, 1.807) is 23.5 Å². The first-order valence-corrected chi connectivity index (χ1v) is 10.6. The maximum Gasteiger partial charge on any atom is 0.319 e. The van der Waals surface area contributed by atoms with Gasteiger partial charge in [-0.2, -0.15) is 0 Å². The zero-order valence-corrected chi connectivity index (χ0v) is 19.7. The van der Waals surface area contributed by atoms with Crippen LogP contribution in [0.2, 0.25) is 20.1 Å². The number of imide groups is 1. The largest absolute Gasteiger partial charge is 0.453 e. The Labute approximate surface area is 204 Å². The highest BCUT2D eigenvalue weighted by Crippen LogP contribution is 2.47. The van der Waals surface area contributed by atoms with E-state index in [-0.39, 0.29) is 31.9 Å². The highest BCUT2D eigenvalue weighted by Gasteiger charge is 2.21. The summed E-state index contributed by atoms with van der Waals surface area (Å²) in [6, 6.07) is 8.91. The number of hydrogen-bond donors (Lipinski definition) is 2. The number of primary amides is 1. The van der Waals surface area contributed by atoms with Gasteiger partial charge in [0.05, 0.1) is 20.1 Å². The van der Waals surface area contributed by atoms with E-state index >= 15 is 0 Å². The Hall–Kier alpha value is -2.03. The SMILES string of the molecule is NC(=O)NC(=O)c1ccc(-c2cc(Cl)c(Oc3cc(Cl)ccc3Br)c(Cl)c2Cl)cc1F. The summed E-state index contributed by atoms with van der Waals surface area (Å²) in [5.74, 6) is -1.44. The number of hydrogen-bond acceptors (Lipinski definition) is 3. The van der Waals surface area contributed by atoms with Crippen molar-refractivity contribution in [2.75, 3.05) is 0 Å². The molecule has 3 aromatic carbocycles. The Kier molecular flexibility index (Phi) is 7.34. The summed E-state index contributed by atoms with van der Waals surface area (Å²) < 4.78 is 20.8. The number of carbonyl (C=O) groups is 2. The number of nitrogens with one attached hydrogen (secondary N) is 1. The van der Waals surface area contributed by atoms with Gasteiger partial charge in [0.2, 0.25) is 0 Å². The fraction of sp³-hybridized carbons (Fsp3) is 0. The third-order valence-electron chi connectivity index (χ3n) is 3.98. The Morgan fingerprint density at radius 3 is 2.35 bits per heavy atom. The lowest BCUT2D eigenvalue weighted by atomic mass is 10.0. The standard InChI is InChI=1S/C20H10BrCl4FN2O3/c21-12-4-2-9(22)6-15(12)31-18-13(23)7-11(16(24)17(18)25)8-1-3-10(14(26)5-8)19(29)28-20(27)30/h1-7H,(H3,27,28,29,30). The van der Waals surface area contributed by atoms with Crippen LogP contribution in [0.3, 0.4) is 0 Å². The zero-order valence-electron chi connectivity index (χ0n) is 15.1. The van der Waals surface area contributed by atoms with Crippen LogP contribution < -0.4 is 15.8 Å². The topological polar surface area (TPSA) is 81.4 Å². The van der Waals surface area contributed by atoms with Crippen molar-refractivity contribution >= 4 is 74.3 Å². The highest BCUT2D eigenvalue weighted by molar-refractivity contribution is 9.10. The summed E-state index contributed by atoms with van der Waals surface area (Å²) in [6.07, 6.45) is 0. The molecule has 3 aromatic rings. The second kappa shape index (κ2) is 9.63. The second-order valence-corrected chi connectivity index (χ2v) is 8.51. The van der Waals surface area contributed by atoms with E-state index in [0.717, 1.165) is 6.07 Å². The lowest BCUT2D eigenvalue weighted by Gasteiger charge is -2.15. The molecule has 0 spiro atoms. The number of ether oxygens (including phenoxy) is 1. The van der Waals surface area contributed by atoms with Crippen molar-refractivity contribution in [3.63, 3.8) is 0 Å². The van der Waals surface area contributed by atoms with Gasteiger partial charge >= 0.3 is 6.03 Å². The molecule has 0 saturated carbocycles. The number of carbonyl (C=O) groups excluding carboxylic acids is 2. The van der Waals surface area contributed by atoms with Crippen LogP contribution in [0, 0.1) is 5.82 Å². The normalized spacial score (nSPS) is 10.6. The van der Waals surface area contributed by atoms with Crippen LogP contribution in [0.1, 0.15) is 10.4 Å². The van der Waals surface area contributed by atoms with Crippen molar-refractivity contribution in [2.45, 2.75) is 0 Å². The molecule has 3 amide bonds. The molecule has 31 heavy (non-hydrogen) atoms. The van der Waals surface area contributed by atoms with Crippen molar-refractivity contribution in [3.8, 4) is 22.6 Å². The maximum absolute atomic E-state index is 14.5. The van der Waals surface area contributed by atoms with Crippen molar-refractivity contribution < 1.29 is 18.7 Å². The molecule has 0 atom stereocenters. The average Bonchev–Trinajstić information content (AvgIpc) is 2.69. The van der Waals surface area contributed by atoms with Crippen molar-refractivity contribution in [1.82, 2.24) is 5.32 Å². The van der Waals surface area contributed by atoms with Crippen molar-refractivity contribution in [1.29, 1.82) is 0 Å². The molecule has 5 nitrogen and oxygen atoms in total. The molecule has 0 bridgehead atoms. The molecule has 3 N–H and O–H groups in total. The first-order valence-electron chi connectivity index (χ1n) is 8.29. The summed E-state index contributed by atoms with van der Waals surface area (Å²) in [6.45, 7) is 0. The average molecular weight is 567 g/mol. The van der Waals surface area contributed by atoms with Gasteiger partial charge in [0.25, 0.3) is 5.91 Å². The van der Waals surface area contributed by atoms with Crippen LogP contribution in [0.25, 0.3) is 11.1 Å². The van der Waals surface area contributed by atoms with Gasteiger partial charge in [0.1, 0.15) is 16.6 Å². The Morgan fingerprint density at radius 1 is 1.00 bits per heavy atom. The van der Waals surface area contributed by atoms with E-state index in [2.05, 4.69) is 15.9 Å². The molecular formula is C20H10BrCl4FN2O3. The van der Waals surface area contributed by atoms with Gasteiger partial charge < -0.3 is 10.5 Å². The number of benzene rings is 3. The molecule has 160 valence electrons. The van der Waals surface area contributed by atoms with Crippen LogP contribution in [0.15, 0.2) is 46.9 Å². The lowest BCUT2D eigenvalue weighted by molar-refractivity contribution is 0.0962. The summed E-state index contributed by atoms with van der Waals surface area (Å²) >= 11 is 28.5. The number of rotatable bonds is 4. The summed E-state index contributed by atoms with van der Waals surface area (Å²) in [7, 11) is 0. The van der Waals surface area contributed by atoms with Crippen LogP contribution in [0.5, 0.6) is 11.5 Å². The van der Waals surface area contributed by atoms with E-state index in [0.29, 0.717) is 20.8 Å². The smallest absolute Gasteiger partial charge is 0.319 e. The Bertz CT molecular complexity index is 1220. The number of nitrogens with two attached hydrogens (primary N) is 1. The summed E-state index contributed by atoms with van der Waals surface area (Å²) in [4.78, 5) is 22.6. The highest BCUT2D eigenvalue weighted by atomic mass is 79.9. The van der Waals surface area contributed by atoms with Crippen molar-refractivity contribution in [3.05, 3.63) is 78.4 Å². The van der Waals surface area contributed by atoms with E-state index in [1.807, 2.05) is 0 Å². The van der Waals surface area contributed by atoms with Gasteiger partial charge in [-0.1, -0.05) is 52.5 Å². The van der Waals surface area contributed by atoms with Gasteiger partial charge in [0.15, 0.2) is 5.75 Å². The first-order chi connectivity index (χ1) is 14.6. The van der Waals surface area contributed by atoms with Gasteiger partial charge in [-0.25, -0.2) is 9.18 Å². The zero-order chi connectivity index (χ0) is 22.9. The van der Waals surface area contributed by atoms with Gasteiger partial charge in [-0.15, -0.1) is 0 Å². The molecule has 0 saturated heterocycles. The molecule has 0 fully saturated rings. The van der Waals surface area contributed by atoms with Crippen LogP contribution in [-0.4, -0.2) is 11.9 Å². The number of urea groups is 1. The molecule has 0 aromatic heterocycles. The first kappa shape index (κ1) is 23.6. The molecule has 0 aliphatic heterocycles. The predicted octanol–water partition coefficient (Wildman–Crippen LogP) is 7.47. The molecule has 3 rings (SSSR count). The number of halogens is 6. The van der Waals surface area contributed by atoms with Gasteiger partial charge in [-0.05, 0) is 51.8 Å². The van der Waals surface area contributed by atoms with Gasteiger partial charge in [-0.3, -0.25) is 10.1 Å². The van der Waals surface area contributed by atoms with E-state index in [4.69, 9.17) is 56.9 Å². The molecular weight excluding hydrogens is 557 g/mol. The molecule has 11 heteroatoms. The quantitative estimate of drug-likeness (QED) is 0.321. The Morgan fingerprint density at radius 2 is 1.71 bits per heavy atom. The molecule has 0 aliphatic carbocycles. The second-order valence-electron chi connectivity index (χ2n) is 6.05. The summed E-state index contributed by atoms with van der Waals surface area (Å²) in [5, 5.41) is 2.37. The molecule has 0 unspecified atom stereocenters. The van der Waals surface area contributed by atoms with Gasteiger partial charge in [0, 0.05) is 16.7 Å². The van der Waals surface area contributed by atoms with Crippen LogP contribution >= 0.6 is 62.3 Å². The Balaban J connectivity index is 2.00. The fourth-order valence-corrected chi connectivity index (χ4v) is 3.87. The predicted molar refractivity (Wildman–Crippen MR) is 123 cm³/mol. The molecule has 0 heterocycles. The van der Waals surface area contributed by atoms with E-state index in [9.17, 15) is 14.0 Å². The van der Waals surface area contributed by atoms with E-state index in [1.165, 1.54) is 18.2 Å². The minimum atomic E-state index is -1.10. The third kappa shape index (κ3) is 5.25.